The first-order chi connectivity index (χ1) is 7.99. The molecule has 0 unspecified atom stereocenters. The molecule has 6 heteroatoms. The van der Waals surface area contributed by atoms with E-state index in [0.29, 0.717) is 11.0 Å². The molecular weight excluding hydrogens is 304 g/mol. The molecule has 0 atom stereocenters. The standard InChI is InChI=1S/C11H12BrClN4/c1-6(2)9-8(12)10(13)15-11(14-9)7-4-5-17(3)16-7/h4-6H,1-3H3. The lowest BCUT2D eigenvalue weighted by Gasteiger charge is -2.09. The number of nitrogens with zero attached hydrogens (tertiary/aromatic N) is 4. The van der Waals surface area contributed by atoms with Crippen molar-refractivity contribution >= 4 is 27.5 Å². The zero-order chi connectivity index (χ0) is 12.6. The number of aromatic nitrogens is 4. The zero-order valence-corrected chi connectivity index (χ0v) is 12.1. The first-order valence-corrected chi connectivity index (χ1v) is 6.39. The minimum Gasteiger partial charge on any atom is -0.275 e. The van der Waals surface area contributed by atoms with Crippen LogP contribution in [0.1, 0.15) is 25.5 Å². The smallest absolute Gasteiger partial charge is 0.181 e. The van der Waals surface area contributed by atoms with Crippen LogP contribution >= 0.6 is 27.5 Å². The Labute approximate surface area is 113 Å². The Bertz CT molecular complexity index is 550. The van der Waals surface area contributed by atoms with Crippen LogP contribution in [0.15, 0.2) is 16.7 Å². The third-order valence-electron chi connectivity index (χ3n) is 2.33. The first-order valence-electron chi connectivity index (χ1n) is 5.22. The Kier molecular flexibility index (Phi) is 3.49. The highest BCUT2D eigenvalue weighted by Gasteiger charge is 2.15. The van der Waals surface area contributed by atoms with Crippen LogP contribution in [0.4, 0.5) is 0 Å². The molecule has 2 rings (SSSR count). The maximum Gasteiger partial charge on any atom is 0.181 e. The number of hydrogen-bond acceptors (Lipinski definition) is 3. The monoisotopic (exact) mass is 314 g/mol. The fourth-order valence-electron chi connectivity index (χ4n) is 1.47. The van der Waals surface area contributed by atoms with E-state index in [1.54, 1.807) is 4.68 Å². The summed E-state index contributed by atoms with van der Waals surface area (Å²) in [5, 5.41) is 4.69. The molecule has 2 aromatic heterocycles. The van der Waals surface area contributed by atoms with Gasteiger partial charge in [0.25, 0.3) is 0 Å². The highest BCUT2D eigenvalue weighted by Crippen LogP contribution is 2.30. The highest BCUT2D eigenvalue weighted by molar-refractivity contribution is 9.10. The Morgan fingerprint density at radius 2 is 2.06 bits per heavy atom. The van der Waals surface area contributed by atoms with Gasteiger partial charge in [0.1, 0.15) is 10.8 Å². The van der Waals surface area contributed by atoms with Gasteiger partial charge in [-0.1, -0.05) is 25.4 Å². The van der Waals surface area contributed by atoms with Gasteiger partial charge in [0, 0.05) is 13.2 Å². The second kappa shape index (κ2) is 4.74. The fraction of sp³-hybridized carbons (Fsp3) is 0.364. The Balaban J connectivity index is 2.56. The second-order valence-electron chi connectivity index (χ2n) is 4.07. The van der Waals surface area contributed by atoms with Crippen molar-refractivity contribution in [3.8, 4) is 11.5 Å². The lowest BCUT2D eigenvalue weighted by Crippen LogP contribution is -2.01. The van der Waals surface area contributed by atoms with Gasteiger partial charge >= 0.3 is 0 Å². The molecule has 4 nitrogen and oxygen atoms in total. The molecule has 2 heterocycles. The van der Waals surface area contributed by atoms with Gasteiger partial charge in [0.2, 0.25) is 0 Å². The van der Waals surface area contributed by atoms with Gasteiger partial charge in [-0.05, 0) is 27.9 Å². The molecule has 17 heavy (non-hydrogen) atoms. The number of halogens is 2. The summed E-state index contributed by atoms with van der Waals surface area (Å²) >= 11 is 9.50. The summed E-state index contributed by atoms with van der Waals surface area (Å²) in [6, 6.07) is 1.86. The van der Waals surface area contributed by atoms with Crippen molar-refractivity contribution in [3.63, 3.8) is 0 Å². The van der Waals surface area contributed by atoms with Crippen LogP contribution in [-0.2, 0) is 7.05 Å². The molecule has 0 N–H and O–H groups in total. The fourth-order valence-corrected chi connectivity index (χ4v) is 2.28. The number of hydrogen-bond donors (Lipinski definition) is 0. The average Bonchev–Trinajstić information content (AvgIpc) is 2.68. The second-order valence-corrected chi connectivity index (χ2v) is 5.22. The third kappa shape index (κ3) is 2.50. The quantitative estimate of drug-likeness (QED) is 0.798. The van der Waals surface area contributed by atoms with Crippen LogP contribution in [0.5, 0.6) is 0 Å². The summed E-state index contributed by atoms with van der Waals surface area (Å²) in [4.78, 5) is 8.73. The van der Waals surface area contributed by atoms with Gasteiger partial charge in [-0.2, -0.15) is 5.10 Å². The molecule has 0 aliphatic rings. The molecule has 0 saturated heterocycles. The van der Waals surface area contributed by atoms with Crippen LogP contribution in [-0.4, -0.2) is 19.7 Å². The summed E-state index contributed by atoms with van der Waals surface area (Å²) in [6.07, 6.45) is 1.85. The molecule has 0 spiro atoms. The normalized spacial score (nSPS) is 11.2. The van der Waals surface area contributed by atoms with Crippen molar-refractivity contribution in [2.45, 2.75) is 19.8 Å². The van der Waals surface area contributed by atoms with Crippen LogP contribution in [0, 0.1) is 0 Å². The molecule has 0 fully saturated rings. The van der Waals surface area contributed by atoms with E-state index in [2.05, 4.69) is 44.8 Å². The molecule has 0 aromatic carbocycles. The molecule has 0 amide bonds. The van der Waals surface area contributed by atoms with Crippen LogP contribution in [0.2, 0.25) is 5.15 Å². The molecule has 0 bridgehead atoms. The van der Waals surface area contributed by atoms with E-state index in [9.17, 15) is 0 Å². The predicted molar refractivity (Wildman–Crippen MR) is 71.0 cm³/mol. The Morgan fingerprint density at radius 3 is 2.59 bits per heavy atom. The number of rotatable bonds is 2. The molecular formula is C11H12BrClN4. The van der Waals surface area contributed by atoms with E-state index in [4.69, 9.17) is 11.6 Å². The van der Waals surface area contributed by atoms with Crippen LogP contribution in [0.25, 0.3) is 11.5 Å². The minimum atomic E-state index is 0.271. The van der Waals surface area contributed by atoms with E-state index in [1.165, 1.54) is 0 Å². The van der Waals surface area contributed by atoms with Crippen molar-refractivity contribution < 1.29 is 0 Å². The lowest BCUT2D eigenvalue weighted by molar-refractivity contribution is 0.765. The van der Waals surface area contributed by atoms with E-state index in [-0.39, 0.29) is 5.92 Å². The summed E-state index contributed by atoms with van der Waals surface area (Å²) in [5.74, 6) is 0.829. The van der Waals surface area contributed by atoms with E-state index in [1.807, 2.05) is 19.3 Å². The van der Waals surface area contributed by atoms with Crippen molar-refractivity contribution in [2.24, 2.45) is 7.05 Å². The summed E-state index contributed by atoms with van der Waals surface area (Å²) in [7, 11) is 1.85. The molecule has 0 aliphatic carbocycles. The van der Waals surface area contributed by atoms with Crippen LogP contribution in [0.3, 0.4) is 0 Å². The summed E-state index contributed by atoms with van der Waals surface area (Å²) < 4.78 is 2.47. The summed E-state index contributed by atoms with van der Waals surface area (Å²) in [6.45, 7) is 4.12. The Hall–Kier alpha value is -0.940. The topological polar surface area (TPSA) is 43.6 Å². The summed E-state index contributed by atoms with van der Waals surface area (Å²) in [5.41, 5.74) is 1.62. The van der Waals surface area contributed by atoms with Gasteiger partial charge in [-0.25, -0.2) is 9.97 Å². The maximum atomic E-state index is 6.09. The van der Waals surface area contributed by atoms with Gasteiger partial charge in [0.05, 0.1) is 10.2 Å². The molecule has 90 valence electrons. The van der Waals surface area contributed by atoms with E-state index < -0.39 is 0 Å². The third-order valence-corrected chi connectivity index (χ3v) is 3.61. The highest BCUT2D eigenvalue weighted by atomic mass is 79.9. The zero-order valence-electron chi connectivity index (χ0n) is 9.78. The lowest BCUT2D eigenvalue weighted by atomic mass is 10.1. The van der Waals surface area contributed by atoms with Crippen LogP contribution < -0.4 is 0 Å². The van der Waals surface area contributed by atoms with Crippen molar-refractivity contribution in [2.75, 3.05) is 0 Å². The van der Waals surface area contributed by atoms with Crippen molar-refractivity contribution in [1.29, 1.82) is 0 Å². The SMILES string of the molecule is CC(C)c1nc(-c2ccn(C)n2)nc(Cl)c1Br. The number of aryl methyl sites for hydroxylation is 1. The molecule has 0 saturated carbocycles. The molecule has 2 aromatic rings. The molecule has 0 aliphatic heterocycles. The average molecular weight is 316 g/mol. The Morgan fingerprint density at radius 1 is 1.35 bits per heavy atom. The largest absolute Gasteiger partial charge is 0.275 e. The van der Waals surface area contributed by atoms with Gasteiger partial charge in [-0.15, -0.1) is 0 Å². The first kappa shape index (κ1) is 12.5. The van der Waals surface area contributed by atoms with E-state index >= 15 is 0 Å². The van der Waals surface area contributed by atoms with Gasteiger partial charge in [-0.3, -0.25) is 4.68 Å². The predicted octanol–water partition coefficient (Wildman–Crippen LogP) is 3.42. The van der Waals surface area contributed by atoms with Crippen molar-refractivity contribution in [1.82, 2.24) is 19.7 Å². The van der Waals surface area contributed by atoms with Gasteiger partial charge < -0.3 is 0 Å². The minimum absolute atomic E-state index is 0.271. The van der Waals surface area contributed by atoms with Crippen molar-refractivity contribution in [3.05, 3.63) is 27.6 Å². The molecule has 0 radical (unpaired) electrons. The van der Waals surface area contributed by atoms with E-state index in [0.717, 1.165) is 15.9 Å². The van der Waals surface area contributed by atoms with Gasteiger partial charge in [0.15, 0.2) is 5.82 Å². The maximum absolute atomic E-state index is 6.09.